The van der Waals surface area contributed by atoms with Crippen LogP contribution in [-0.4, -0.2) is 36.3 Å². The van der Waals surface area contributed by atoms with Crippen molar-refractivity contribution < 1.29 is 14.3 Å². The monoisotopic (exact) mass is 318 g/mol. The predicted octanol–water partition coefficient (Wildman–Crippen LogP) is 2.89. The van der Waals surface area contributed by atoms with Crippen LogP contribution >= 0.6 is 0 Å². The number of amides is 1. The fourth-order valence-electron chi connectivity index (χ4n) is 2.72. The van der Waals surface area contributed by atoms with E-state index in [4.69, 9.17) is 10.5 Å². The van der Waals surface area contributed by atoms with Gasteiger partial charge in [-0.1, -0.05) is 13.8 Å². The molecule has 0 spiro atoms. The van der Waals surface area contributed by atoms with Crippen molar-refractivity contribution in [3.8, 4) is 5.75 Å². The largest absolute Gasteiger partial charge is 0.491 e. The van der Waals surface area contributed by atoms with Crippen LogP contribution in [-0.2, 0) is 4.79 Å². The molecule has 0 unspecified atom stereocenters. The number of carbonyl (C=O) groups is 2. The summed E-state index contributed by atoms with van der Waals surface area (Å²) in [5.41, 5.74) is 6.97. The van der Waals surface area contributed by atoms with Gasteiger partial charge in [0.2, 0.25) is 5.91 Å². The number of nitrogen functional groups attached to an aromatic ring is 1. The lowest BCUT2D eigenvalue weighted by Gasteiger charge is -2.26. The average molecular weight is 318 g/mol. The summed E-state index contributed by atoms with van der Waals surface area (Å²) >= 11 is 0. The summed E-state index contributed by atoms with van der Waals surface area (Å²) in [4.78, 5) is 25.9. The first-order valence-corrected chi connectivity index (χ1v) is 8.33. The summed E-state index contributed by atoms with van der Waals surface area (Å²) in [6.45, 7) is 5.72. The highest BCUT2D eigenvalue weighted by molar-refractivity contribution is 5.98. The van der Waals surface area contributed by atoms with E-state index < -0.39 is 0 Å². The van der Waals surface area contributed by atoms with Crippen LogP contribution in [0.5, 0.6) is 5.75 Å². The fraction of sp³-hybridized carbons (Fsp3) is 0.556. The Kier molecular flexibility index (Phi) is 6.02. The summed E-state index contributed by atoms with van der Waals surface area (Å²) in [7, 11) is 0. The molecule has 5 nitrogen and oxygen atoms in total. The number of hydrogen-bond donors (Lipinski definition) is 1. The molecule has 0 radical (unpaired) electrons. The second kappa shape index (κ2) is 7.99. The highest BCUT2D eigenvalue weighted by Crippen LogP contribution is 2.24. The molecular formula is C18H26N2O3. The summed E-state index contributed by atoms with van der Waals surface area (Å²) in [5.74, 6) is 0.651. The fourth-order valence-corrected chi connectivity index (χ4v) is 2.72. The molecule has 1 aliphatic rings. The Labute approximate surface area is 137 Å². The average Bonchev–Trinajstić information content (AvgIpc) is 2.56. The Morgan fingerprint density at radius 1 is 1.22 bits per heavy atom. The Bertz CT molecular complexity index is 563. The van der Waals surface area contributed by atoms with Crippen molar-refractivity contribution in [2.75, 3.05) is 25.4 Å². The van der Waals surface area contributed by atoms with E-state index in [-0.39, 0.29) is 17.6 Å². The molecule has 0 aliphatic carbocycles. The third-order valence-corrected chi connectivity index (χ3v) is 4.10. The van der Waals surface area contributed by atoms with Crippen LogP contribution in [0.4, 0.5) is 5.69 Å². The Balaban J connectivity index is 1.86. The van der Waals surface area contributed by atoms with Crippen molar-refractivity contribution in [2.24, 2.45) is 5.92 Å². The Hall–Kier alpha value is -2.04. The SMILES string of the molecule is CC(C)C(=O)c1ccc(OCCC(=O)N2CCCCC2)c(N)c1. The van der Waals surface area contributed by atoms with Gasteiger partial charge < -0.3 is 15.4 Å². The first-order valence-electron chi connectivity index (χ1n) is 8.33. The van der Waals surface area contributed by atoms with Gasteiger partial charge in [-0.3, -0.25) is 9.59 Å². The maximum absolute atomic E-state index is 12.1. The van der Waals surface area contributed by atoms with Gasteiger partial charge >= 0.3 is 0 Å². The van der Waals surface area contributed by atoms with E-state index in [0.717, 1.165) is 25.9 Å². The van der Waals surface area contributed by atoms with E-state index in [2.05, 4.69) is 0 Å². The molecule has 1 heterocycles. The number of nitrogens with zero attached hydrogens (tertiary/aromatic N) is 1. The van der Waals surface area contributed by atoms with Crippen LogP contribution < -0.4 is 10.5 Å². The molecule has 0 saturated carbocycles. The molecular weight excluding hydrogens is 292 g/mol. The normalized spacial score (nSPS) is 14.8. The third kappa shape index (κ3) is 4.71. The number of nitrogens with two attached hydrogens (primary N) is 1. The minimum atomic E-state index is -0.0664. The van der Waals surface area contributed by atoms with E-state index in [9.17, 15) is 9.59 Å². The zero-order valence-electron chi connectivity index (χ0n) is 14.0. The van der Waals surface area contributed by atoms with Gasteiger partial charge in [0.25, 0.3) is 0 Å². The van der Waals surface area contributed by atoms with Crippen LogP contribution in [0.15, 0.2) is 18.2 Å². The zero-order chi connectivity index (χ0) is 16.8. The van der Waals surface area contributed by atoms with Crippen molar-refractivity contribution in [2.45, 2.75) is 39.5 Å². The molecule has 23 heavy (non-hydrogen) atoms. The molecule has 1 aliphatic heterocycles. The first kappa shape index (κ1) is 17.3. The lowest BCUT2D eigenvalue weighted by atomic mass is 10.0. The molecule has 0 aromatic heterocycles. The minimum absolute atomic E-state index is 0.0588. The first-order chi connectivity index (χ1) is 11.0. The van der Waals surface area contributed by atoms with Crippen molar-refractivity contribution in [1.29, 1.82) is 0 Å². The van der Waals surface area contributed by atoms with Crippen LogP contribution in [0.25, 0.3) is 0 Å². The molecule has 2 N–H and O–H groups in total. The van der Waals surface area contributed by atoms with Crippen molar-refractivity contribution >= 4 is 17.4 Å². The number of Topliss-reactive ketones (excluding diaryl/α,β-unsaturated/α-hetero) is 1. The molecule has 5 heteroatoms. The number of ketones is 1. The van der Waals surface area contributed by atoms with E-state index in [1.165, 1.54) is 6.42 Å². The topological polar surface area (TPSA) is 72.6 Å². The van der Waals surface area contributed by atoms with Gasteiger partial charge in [0.1, 0.15) is 5.75 Å². The van der Waals surface area contributed by atoms with Crippen LogP contribution in [0.3, 0.4) is 0 Å². The van der Waals surface area contributed by atoms with E-state index >= 15 is 0 Å². The third-order valence-electron chi connectivity index (χ3n) is 4.10. The van der Waals surface area contributed by atoms with Crippen molar-refractivity contribution in [3.63, 3.8) is 0 Å². The maximum atomic E-state index is 12.1. The number of carbonyl (C=O) groups excluding carboxylic acids is 2. The summed E-state index contributed by atoms with van der Waals surface area (Å²) in [6.07, 6.45) is 3.74. The van der Waals surface area contributed by atoms with Crippen molar-refractivity contribution in [1.82, 2.24) is 4.90 Å². The van der Waals surface area contributed by atoms with E-state index in [0.29, 0.717) is 30.0 Å². The number of likely N-dealkylation sites (tertiary alicyclic amines) is 1. The van der Waals surface area contributed by atoms with Crippen molar-refractivity contribution in [3.05, 3.63) is 23.8 Å². The van der Waals surface area contributed by atoms with Gasteiger partial charge in [0.05, 0.1) is 18.7 Å². The van der Waals surface area contributed by atoms with Gasteiger partial charge in [-0.15, -0.1) is 0 Å². The van der Waals surface area contributed by atoms with Gasteiger partial charge in [-0.05, 0) is 37.5 Å². The number of anilines is 1. The van der Waals surface area contributed by atoms with Crippen LogP contribution in [0.2, 0.25) is 0 Å². The van der Waals surface area contributed by atoms with Gasteiger partial charge in [-0.2, -0.15) is 0 Å². The Morgan fingerprint density at radius 3 is 2.52 bits per heavy atom. The number of rotatable bonds is 6. The second-order valence-electron chi connectivity index (χ2n) is 6.31. The highest BCUT2D eigenvalue weighted by Gasteiger charge is 2.16. The van der Waals surface area contributed by atoms with Gasteiger partial charge in [0, 0.05) is 24.6 Å². The molecule has 1 amide bonds. The summed E-state index contributed by atoms with van der Waals surface area (Å²) in [6, 6.07) is 5.07. The number of benzene rings is 1. The molecule has 126 valence electrons. The van der Waals surface area contributed by atoms with E-state index in [1.807, 2.05) is 18.7 Å². The lowest BCUT2D eigenvalue weighted by molar-refractivity contribution is -0.132. The van der Waals surface area contributed by atoms with Crippen LogP contribution in [0.1, 0.15) is 49.9 Å². The van der Waals surface area contributed by atoms with Gasteiger partial charge in [0.15, 0.2) is 5.78 Å². The standard InChI is InChI=1S/C18H26N2O3/c1-13(2)18(22)14-6-7-16(15(19)12-14)23-11-8-17(21)20-9-4-3-5-10-20/h6-7,12-13H,3-5,8-11,19H2,1-2H3. The highest BCUT2D eigenvalue weighted by atomic mass is 16.5. The van der Waals surface area contributed by atoms with Crippen LogP contribution in [0, 0.1) is 5.92 Å². The van der Waals surface area contributed by atoms with E-state index in [1.54, 1.807) is 18.2 Å². The molecule has 1 aromatic carbocycles. The molecule has 0 atom stereocenters. The summed E-state index contributed by atoms with van der Waals surface area (Å²) in [5, 5.41) is 0. The molecule has 0 bridgehead atoms. The second-order valence-corrected chi connectivity index (χ2v) is 6.31. The number of hydrogen-bond acceptors (Lipinski definition) is 4. The molecule has 2 rings (SSSR count). The zero-order valence-corrected chi connectivity index (χ0v) is 14.0. The minimum Gasteiger partial charge on any atom is -0.491 e. The maximum Gasteiger partial charge on any atom is 0.225 e. The predicted molar refractivity (Wildman–Crippen MR) is 90.6 cm³/mol. The van der Waals surface area contributed by atoms with Gasteiger partial charge in [-0.25, -0.2) is 0 Å². The number of ether oxygens (including phenoxy) is 1. The summed E-state index contributed by atoms with van der Waals surface area (Å²) < 4.78 is 5.61. The molecule has 1 aromatic rings. The smallest absolute Gasteiger partial charge is 0.225 e. The lowest BCUT2D eigenvalue weighted by Crippen LogP contribution is -2.36. The quantitative estimate of drug-likeness (QED) is 0.646. The Morgan fingerprint density at radius 2 is 1.91 bits per heavy atom. The molecule has 1 saturated heterocycles. The molecule has 1 fully saturated rings. The number of piperidine rings is 1.